The monoisotopic (exact) mass is 243 g/mol. The van der Waals surface area contributed by atoms with E-state index in [1.165, 1.54) is 0 Å². The number of aryl methyl sites for hydroxylation is 2. The average molecular weight is 243 g/mol. The van der Waals surface area contributed by atoms with Crippen molar-refractivity contribution in [2.45, 2.75) is 6.92 Å². The summed E-state index contributed by atoms with van der Waals surface area (Å²) in [7, 11) is 1.88. The van der Waals surface area contributed by atoms with Gasteiger partial charge in [-0.3, -0.25) is 10.00 Å². The third-order valence-electron chi connectivity index (χ3n) is 2.80. The number of fused-ring (bicyclic) bond motifs is 1. The number of nitrogen functional groups attached to an aromatic ring is 1. The highest BCUT2D eigenvalue weighted by molar-refractivity contribution is 5.86. The number of hydrogen-bond donors (Lipinski definition) is 2. The zero-order valence-corrected chi connectivity index (χ0v) is 10.1. The van der Waals surface area contributed by atoms with Crippen LogP contribution in [0.2, 0.25) is 0 Å². The highest BCUT2D eigenvalue weighted by Crippen LogP contribution is 2.25. The van der Waals surface area contributed by atoms with Gasteiger partial charge in [-0.2, -0.15) is 10.1 Å². The van der Waals surface area contributed by atoms with Crippen molar-refractivity contribution in [3.05, 3.63) is 30.0 Å². The number of para-hydroxylation sites is 1. The summed E-state index contributed by atoms with van der Waals surface area (Å²) in [6.45, 7) is 1.97. The largest absolute Gasteiger partial charge is 0.423 e. The Morgan fingerprint density at radius 1 is 1.39 bits per heavy atom. The second-order valence-corrected chi connectivity index (χ2v) is 4.13. The predicted molar refractivity (Wildman–Crippen MR) is 69.6 cm³/mol. The molecule has 0 atom stereocenters. The maximum Gasteiger partial charge on any atom is 0.301 e. The van der Waals surface area contributed by atoms with Crippen LogP contribution >= 0.6 is 0 Å². The molecular weight excluding hydrogens is 230 g/mol. The van der Waals surface area contributed by atoms with Crippen LogP contribution in [0.5, 0.6) is 0 Å². The van der Waals surface area contributed by atoms with E-state index in [4.69, 9.17) is 10.2 Å². The van der Waals surface area contributed by atoms with Crippen molar-refractivity contribution in [2.75, 3.05) is 11.1 Å². The fraction of sp³-hybridized carbons (Fsp3) is 0.167. The summed E-state index contributed by atoms with van der Waals surface area (Å²) < 4.78 is 7.33. The molecule has 0 bridgehead atoms. The maximum atomic E-state index is 5.82. The molecule has 0 saturated heterocycles. The lowest BCUT2D eigenvalue weighted by Crippen LogP contribution is -1.95. The van der Waals surface area contributed by atoms with E-state index in [2.05, 4.69) is 15.4 Å². The van der Waals surface area contributed by atoms with E-state index in [0.717, 1.165) is 5.69 Å². The van der Waals surface area contributed by atoms with Crippen LogP contribution in [0.3, 0.4) is 0 Å². The van der Waals surface area contributed by atoms with Gasteiger partial charge in [0.05, 0.1) is 5.69 Å². The van der Waals surface area contributed by atoms with Gasteiger partial charge in [0.15, 0.2) is 11.4 Å². The van der Waals surface area contributed by atoms with Crippen LogP contribution < -0.4 is 11.1 Å². The number of nitrogens with zero attached hydrogens (tertiary/aromatic N) is 3. The van der Waals surface area contributed by atoms with Gasteiger partial charge in [0.1, 0.15) is 5.52 Å². The molecular formula is C12H13N5O. The Hall–Kier alpha value is -2.50. The highest BCUT2D eigenvalue weighted by atomic mass is 16.4. The summed E-state index contributed by atoms with van der Waals surface area (Å²) in [6, 6.07) is 7.75. The number of oxazole rings is 1. The third kappa shape index (κ3) is 1.67. The summed E-state index contributed by atoms with van der Waals surface area (Å²) in [4.78, 5) is 4.29. The van der Waals surface area contributed by atoms with Gasteiger partial charge in [-0.15, -0.1) is 0 Å². The minimum Gasteiger partial charge on any atom is -0.423 e. The van der Waals surface area contributed by atoms with E-state index < -0.39 is 0 Å². The Balaban J connectivity index is 1.97. The van der Waals surface area contributed by atoms with Crippen molar-refractivity contribution in [2.24, 2.45) is 7.05 Å². The summed E-state index contributed by atoms with van der Waals surface area (Å²) >= 11 is 0. The van der Waals surface area contributed by atoms with Gasteiger partial charge in [-0.05, 0) is 19.1 Å². The van der Waals surface area contributed by atoms with Crippen LogP contribution in [0.4, 0.5) is 17.5 Å². The zero-order chi connectivity index (χ0) is 12.7. The van der Waals surface area contributed by atoms with Gasteiger partial charge in [0.2, 0.25) is 0 Å². The number of anilines is 3. The Bertz CT molecular complexity index is 693. The fourth-order valence-electron chi connectivity index (χ4n) is 1.75. The molecule has 3 rings (SSSR count). The summed E-state index contributed by atoms with van der Waals surface area (Å²) in [5.74, 6) is 0.695. The molecule has 0 unspecified atom stereocenters. The summed E-state index contributed by atoms with van der Waals surface area (Å²) in [6.07, 6.45) is 0. The van der Waals surface area contributed by atoms with Crippen LogP contribution in [-0.2, 0) is 7.05 Å². The Morgan fingerprint density at radius 3 is 2.89 bits per heavy atom. The quantitative estimate of drug-likeness (QED) is 0.674. The van der Waals surface area contributed by atoms with E-state index in [1.54, 1.807) is 10.7 Å². The maximum absolute atomic E-state index is 5.82. The minimum absolute atomic E-state index is 0.390. The van der Waals surface area contributed by atoms with Crippen LogP contribution in [-0.4, -0.2) is 14.8 Å². The second-order valence-electron chi connectivity index (χ2n) is 4.13. The molecule has 0 radical (unpaired) electrons. The summed E-state index contributed by atoms with van der Waals surface area (Å²) in [5.41, 5.74) is 8.79. The second kappa shape index (κ2) is 3.76. The number of benzene rings is 1. The Morgan fingerprint density at radius 2 is 2.22 bits per heavy atom. The first-order chi connectivity index (χ1) is 8.63. The van der Waals surface area contributed by atoms with Gasteiger partial charge in [0, 0.05) is 18.8 Å². The molecule has 0 spiro atoms. The van der Waals surface area contributed by atoms with Crippen LogP contribution in [0.15, 0.2) is 28.7 Å². The van der Waals surface area contributed by atoms with E-state index in [1.807, 2.05) is 32.2 Å². The zero-order valence-electron chi connectivity index (χ0n) is 10.1. The topological polar surface area (TPSA) is 81.9 Å². The first kappa shape index (κ1) is 10.6. The standard InChI is InChI=1S/C12H13N5O/c1-7-6-10(16-17(7)2)14-12-15-11-8(13)4-3-5-9(11)18-12/h3-6H,13H2,1-2H3,(H,14,15,16). The van der Waals surface area contributed by atoms with Crippen molar-refractivity contribution in [1.82, 2.24) is 14.8 Å². The van der Waals surface area contributed by atoms with Crippen molar-refractivity contribution in [1.29, 1.82) is 0 Å². The number of aromatic nitrogens is 3. The molecule has 0 saturated carbocycles. The van der Waals surface area contributed by atoms with Gasteiger partial charge in [-0.25, -0.2) is 0 Å². The molecule has 2 aromatic heterocycles. The molecule has 3 N–H and O–H groups in total. The molecule has 2 heterocycles. The lowest BCUT2D eigenvalue weighted by Gasteiger charge is -1.94. The van der Waals surface area contributed by atoms with E-state index in [0.29, 0.717) is 28.6 Å². The van der Waals surface area contributed by atoms with Crippen molar-refractivity contribution >= 4 is 28.6 Å². The molecule has 0 fully saturated rings. The molecule has 0 aliphatic carbocycles. The van der Waals surface area contributed by atoms with Crippen LogP contribution in [0, 0.1) is 6.92 Å². The van der Waals surface area contributed by atoms with Crippen molar-refractivity contribution in [3.8, 4) is 0 Å². The van der Waals surface area contributed by atoms with E-state index >= 15 is 0 Å². The average Bonchev–Trinajstić information content (AvgIpc) is 2.85. The predicted octanol–water partition coefficient (Wildman–Crippen LogP) is 2.20. The Labute approximate surface area is 103 Å². The number of rotatable bonds is 2. The van der Waals surface area contributed by atoms with Gasteiger partial charge >= 0.3 is 6.01 Å². The first-order valence-electron chi connectivity index (χ1n) is 5.56. The van der Waals surface area contributed by atoms with Crippen LogP contribution in [0.25, 0.3) is 11.1 Å². The molecule has 0 aliphatic rings. The number of hydrogen-bond acceptors (Lipinski definition) is 5. The lowest BCUT2D eigenvalue weighted by atomic mass is 10.3. The lowest BCUT2D eigenvalue weighted by molar-refractivity contribution is 0.621. The van der Waals surface area contributed by atoms with E-state index in [9.17, 15) is 0 Å². The fourth-order valence-corrected chi connectivity index (χ4v) is 1.75. The molecule has 6 nitrogen and oxygen atoms in total. The molecule has 92 valence electrons. The SMILES string of the molecule is Cc1cc(Nc2nc3c(N)cccc3o2)nn1C. The molecule has 0 aliphatic heterocycles. The van der Waals surface area contributed by atoms with Crippen molar-refractivity contribution < 1.29 is 4.42 Å². The minimum atomic E-state index is 0.390. The van der Waals surface area contributed by atoms with Gasteiger partial charge in [0.25, 0.3) is 0 Å². The number of nitrogens with one attached hydrogen (secondary N) is 1. The third-order valence-corrected chi connectivity index (χ3v) is 2.80. The molecule has 6 heteroatoms. The Kier molecular flexibility index (Phi) is 2.22. The van der Waals surface area contributed by atoms with Crippen molar-refractivity contribution in [3.63, 3.8) is 0 Å². The normalized spacial score (nSPS) is 11.0. The molecule has 3 aromatic rings. The molecule has 1 aromatic carbocycles. The van der Waals surface area contributed by atoms with Crippen LogP contribution in [0.1, 0.15) is 5.69 Å². The smallest absolute Gasteiger partial charge is 0.301 e. The van der Waals surface area contributed by atoms with E-state index in [-0.39, 0.29) is 0 Å². The molecule has 18 heavy (non-hydrogen) atoms. The van der Waals surface area contributed by atoms with Gasteiger partial charge < -0.3 is 10.2 Å². The summed E-state index contributed by atoms with van der Waals surface area (Å²) in [5, 5.41) is 7.29. The first-order valence-corrected chi connectivity index (χ1v) is 5.56. The highest BCUT2D eigenvalue weighted by Gasteiger charge is 2.09. The van der Waals surface area contributed by atoms with Gasteiger partial charge in [-0.1, -0.05) is 6.07 Å². The molecule has 0 amide bonds. The number of nitrogens with two attached hydrogens (primary N) is 1.